The molecule has 0 saturated heterocycles. The van der Waals surface area contributed by atoms with E-state index in [-0.39, 0.29) is 5.54 Å². The maximum Gasteiger partial charge on any atom is 0.0469 e. The van der Waals surface area contributed by atoms with Gasteiger partial charge in [-0.3, -0.25) is 4.98 Å². The summed E-state index contributed by atoms with van der Waals surface area (Å²) in [5.74, 6) is 1.39. The first-order chi connectivity index (χ1) is 8.47. The summed E-state index contributed by atoms with van der Waals surface area (Å²) in [5.41, 5.74) is 3.06. The molecule has 2 heteroatoms. The largest absolute Gasteiger partial charge is 0.312 e. The van der Waals surface area contributed by atoms with Gasteiger partial charge in [0.2, 0.25) is 0 Å². The van der Waals surface area contributed by atoms with Gasteiger partial charge < -0.3 is 5.32 Å². The van der Waals surface area contributed by atoms with Gasteiger partial charge in [-0.1, -0.05) is 13.0 Å². The lowest BCUT2D eigenvalue weighted by atomic mass is 9.89. The van der Waals surface area contributed by atoms with Gasteiger partial charge >= 0.3 is 0 Å². The van der Waals surface area contributed by atoms with Gasteiger partial charge in [0.05, 0.1) is 0 Å². The van der Waals surface area contributed by atoms with Crippen molar-refractivity contribution >= 4 is 0 Å². The quantitative estimate of drug-likeness (QED) is 0.879. The van der Waals surface area contributed by atoms with Crippen LogP contribution in [0.3, 0.4) is 0 Å². The van der Waals surface area contributed by atoms with Crippen molar-refractivity contribution < 1.29 is 0 Å². The standard InChI is InChI=1S/C16H26N2/c1-12(9-11-18-16(2,3)4)14-8-7-13-6-5-10-17-15(13)14/h5-6,10,12,14,18H,7-9,11H2,1-4H3. The zero-order valence-corrected chi connectivity index (χ0v) is 12.2. The summed E-state index contributed by atoms with van der Waals surface area (Å²) in [5, 5.41) is 3.58. The molecule has 1 aliphatic rings. The minimum atomic E-state index is 0.228. The second kappa shape index (κ2) is 5.40. The van der Waals surface area contributed by atoms with Crippen LogP contribution in [0.25, 0.3) is 0 Å². The smallest absolute Gasteiger partial charge is 0.0469 e. The molecule has 100 valence electrons. The number of hydrogen-bond acceptors (Lipinski definition) is 2. The van der Waals surface area contributed by atoms with E-state index < -0.39 is 0 Å². The number of pyridine rings is 1. The summed E-state index contributed by atoms with van der Waals surface area (Å²) in [4.78, 5) is 4.60. The average molecular weight is 246 g/mol. The zero-order valence-electron chi connectivity index (χ0n) is 12.2. The third-order valence-electron chi connectivity index (χ3n) is 3.94. The number of fused-ring (bicyclic) bond motifs is 1. The molecule has 0 aliphatic heterocycles. The van der Waals surface area contributed by atoms with Crippen molar-refractivity contribution in [1.82, 2.24) is 10.3 Å². The Labute approximate surface area is 111 Å². The van der Waals surface area contributed by atoms with Crippen molar-refractivity contribution in [2.45, 2.75) is 58.4 Å². The highest BCUT2D eigenvalue weighted by Crippen LogP contribution is 2.37. The maximum atomic E-state index is 4.60. The molecule has 1 aromatic rings. The molecular weight excluding hydrogens is 220 g/mol. The van der Waals surface area contributed by atoms with E-state index in [1.165, 1.54) is 30.5 Å². The lowest BCUT2D eigenvalue weighted by Crippen LogP contribution is -2.37. The Morgan fingerprint density at radius 3 is 2.94 bits per heavy atom. The minimum absolute atomic E-state index is 0.228. The highest BCUT2D eigenvalue weighted by Gasteiger charge is 2.28. The van der Waals surface area contributed by atoms with Crippen LogP contribution in [-0.2, 0) is 6.42 Å². The van der Waals surface area contributed by atoms with Crippen LogP contribution in [0.5, 0.6) is 0 Å². The first-order valence-corrected chi connectivity index (χ1v) is 7.16. The van der Waals surface area contributed by atoms with E-state index in [9.17, 15) is 0 Å². The molecule has 0 spiro atoms. The van der Waals surface area contributed by atoms with E-state index in [1.807, 2.05) is 6.20 Å². The predicted octanol–water partition coefficient (Wildman–Crippen LogP) is 3.53. The third-order valence-corrected chi connectivity index (χ3v) is 3.94. The highest BCUT2D eigenvalue weighted by atomic mass is 14.9. The Hall–Kier alpha value is -0.890. The normalized spacial score (nSPS) is 20.8. The third kappa shape index (κ3) is 3.32. The molecule has 1 aliphatic carbocycles. The van der Waals surface area contributed by atoms with Gasteiger partial charge in [0.15, 0.2) is 0 Å². The van der Waals surface area contributed by atoms with Gasteiger partial charge in [-0.25, -0.2) is 0 Å². The van der Waals surface area contributed by atoms with Gasteiger partial charge in [-0.05, 0) is 64.1 Å². The monoisotopic (exact) mass is 246 g/mol. The molecule has 0 radical (unpaired) electrons. The van der Waals surface area contributed by atoms with Crippen molar-refractivity contribution in [2.75, 3.05) is 6.54 Å². The molecule has 1 heterocycles. The molecule has 0 bridgehead atoms. The van der Waals surface area contributed by atoms with E-state index in [0.717, 1.165) is 12.5 Å². The van der Waals surface area contributed by atoms with Crippen LogP contribution in [0.1, 0.15) is 57.7 Å². The Bertz CT molecular complexity index is 392. The average Bonchev–Trinajstić information content (AvgIpc) is 2.70. The zero-order chi connectivity index (χ0) is 13.2. The maximum absolute atomic E-state index is 4.60. The van der Waals surface area contributed by atoms with Gasteiger partial charge in [0.1, 0.15) is 0 Å². The van der Waals surface area contributed by atoms with Crippen LogP contribution < -0.4 is 5.32 Å². The molecule has 2 nitrogen and oxygen atoms in total. The number of aromatic nitrogens is 1. The van der Waals surface area contributed by atoms with Crippen LogP contribution in [-0.4, -0.2) is 17.1 Å². The summed E-state index contributed by atoms with van der Waals surface area (Å²) in [6.45, 7) is 10.2. The fraction of sp³-hybridized carbons (Fsp3) is 0.688. The fourth-order valence-electron chi connectivity index (χ4n) is 2.87. The Kier molecular flexibility index (Phi) is 4.06. The Morgan fingerprint density at radius 2 is 2.22 bits per heavy atom. The molecule has 0 fully saturated rings. The number of nitrogens with one attached hydrogen (secondary N) is 1. The summed E-state index contributed by atoms with van der Waals surface area (Å²) in [6, 6.07) is 4.30. The van der Waals surface area contributed by atoms with Gasteiger partial charge in [-0.2, -0.15) is 0 Å². The molecular formula is C16H26N2. The van der Waals surface area contributed by atoms with Gasteiger partial charge in [-0.15, -0.1) is 0 Å². The number of aryl methyl sites for hydroxylation is 1. The van der Waals surface area contributed by atoms with Gasteiger partial charge in [0, 0.05) is 23.3 Å². The van der Waals surface area contributed by atoms with E-state index >= 15 is 0 Å². The molecule has 0 saturated carbocycles. The minimum Gasteiger partial charge on any atom is -0.312 e. The molecule has 2 unspecified atom stereocenters. The summed E-state index contributed by atoms with van der Waals surface area (Å²) < 4.78 is 0. The summed E-state index contributed by atoms with van der Waals surface area (Å²) >= 11 is 0. The van der Waals surface area contributed by atoms with Crippen LogP contribution in [0.2, 0.25) is 0 Å². The summed E-state index contributed by atoms with van der Waals surface area (Å²) in [7, 11) is 0. The predicted molar refractivity (Wildman–Crippen MR) is 76.8 cm³/mol. The molecule has 0 amide bonds. The second-order valence-electron chi connectivity index (χ2n) is 6.64. The van der Waals surface area contributed by atoms with E-state index in [4.69, 9.17) is 0 Å². The summed E-state index contributed by atoms with van der Waals surface area (Å²) in [6.07, 6.45) is 5.67. The topological polar surface area (TPSA) is 24.9 Å². The van der Waals surface area contributed by atoms with Crippen LogP contribution >= 0.6 is 0 Å². The van der Waals surface area contributed by atoms with Crippen molar-refractivity contribution in [1.29, 1.82) is 0 Å². The lowest BCUT2D eigenvalue weighted by molar-refractivity contribution is 0.363. The van der Waals surface area contributed by atoms with Crippen molar-refractivity contribution in [2.24, 2.45) is 5.92 Å². The molecule has 2 rings (SSSR count). The van der Waals surface area contributed by atoms with E-state index in [1.54, 1.807) is 0 Å². The van der Waals surface area contributed by atoms with Crippen molar-refractivity contribution in [3.05, 3.63) is 29.6 Å². The number of nitrogens with zero attached hydrogens (tertiary/aromatic N) is 1. The van der Waals surface area contributed by atoms with E-state index in [0.29, 0.717) is 5.92 Å². The number of rotatable bonds is 4. The molecule has 0 aromatic carbocycles. The molecule has 1 aromatic heterocycles. The van der Waals surface area contributed by atoms with Crippen molar-refractivity contribution in [3.63, 3.8) is 0 Å². The molecule has 18 heavy (non-hydrogen) atoms. The van der Waals surface area contributed by atoms with Crippen LogP contribution in [0, 0.1) is 5.92 Å². The van der Waals surface area contributed by atoms with Crippen molar-refractivity contribution in [3.8, 4) is 0 Å². The lowest BCUT2D eigenvalue weighted by Gasteiger charge is -2.24. The van der Waals surface area contributed by atoms with Gasteiger partial charge in [0.25, 0.3) is 0 Å². The SMILES string of the molecule is CC(CCNC(C)(C)C)C1CCc2cccnc21. The Balaban J connectivity index is 1.89. The first kappa shape index (κ1) is 13.5. The van der Waals surface area contributed by atoms with Crippen LogP contribution in [0.15, 0.2) is 18.3 Å². The second-order valence-corrected chi connectivity index (χ2v) is 6.64. The Morgan fingerprint density at radius 1 is 1.44 bits per heavy atom. The fourth-order valence-corrected chi connectivity index (χ4v) is 2.87. The highest BCUT2D eigenvalue weighted by molar-refractivity contribution is 5.28. The molecule has 2 atom stereocenters. The van der Waals surface area contributed by atoms with E-state index in [2.05, 4.69) is 50.1 Å². The number of hydrogen-bond donors (Lipinski definition) is 1. The van der Waals surface area contributed by atoms with Crippen LogP contribution in [0.4, 0.5) is 0 Å². The molecule has 1 N–H and O–H groups in total. The first-order valence-electron chi connectivity index (χ1n) is 7.16.